The second-order valence-electron chi connectivity index (χ2n) is 19.5. The van der Waals surface area contributed by atoms with Crippen molar-refractivity contribution in [1.82, 2.24) is 0 Å². The molecule has 0 N–H and O–H groups in total. The van der Waals surface area contributed by atoms with Crippen molar-refractivity contribution in [3.05, 3.63) is 70.8 Å². The van der Waals surface area contributed by atoms with Crippen LogP contribution < -0.4 is 0 Å². The first kappa shape index (κ1) is 42.2. The number of aryl methyl sites for hydroxylation is 2. The molecule has 0 spiro atoms. The molecule has 58 heavy (non-hydrogen) atoms. The quantitative estimate of drug-likeness (QED) is 0.119. The number of carbonyl (C=O) groups excluding carboxylic acids is 4. The first-order chi connectivity index (χ1) is 27.2. The summed E-state index contributed by atoms with van der Waals surface area (Å²) in [5.41, 5.74) is 5.40. The standard InChI is InChI=1S/2C23H28F2O4/c2*1-15-3-5-18(6-4-15)23-10-16-7-17(11-23)9-22(8-16,13-23)14-29-19(26)12-28-20(27)21(2,24)25/h2*3-6,16-17H,7-14H2,1-2H3. The summed E-state index contributed by atoms with van der Waals surface area (Å²) >= 11 is 0. The minimum absolute atomic E-state index is 0.0661. The minimum Gasteiger partial charge on any atom is -0.463 e. The van der Waals surface area contributed by atoms with Gasteiger partial charge in [0, 0.05) is 24.7 Å². The molecule has 8 bridgehead atoms. The Hall–Kier alpha value is -3.96. The van der Waals surface area contributed by atoms with Crippen LogP contribution in [0.3, 0.4) is 0 Å². The van der Waals surface area contributed by atoms with E-state index < -0.39 is 48.9 Å². The Kier molecular flexibility index (Phi) is 11.3. The molecule has 0 amide bonds. The average molecular weight is 813 g/mol. The van der Waals surface area contributed by atoms with Crippen LogP contribution >= 0.6 is 0 Å². The molecule has 8 nitrogen and oxygen atoms in total. The van der Waals surface area contributed by atoms with Gasteiger partial charge in [0.1, 0.15) is 0 Å². The maximum absolute atomic E-state index is 12.9. The molecule has 8 fully saturated rings. The van der Waals surface area contributed by atoms with E-state index in [0.29, 0.717) is 37.5 Å². The minimum atomic E-state index is -3.61. The third-order valence-corrected chi connectivity index (χ3v) is 14.1. The lowest BCUT2D eigenvalue weighted by Gasteiger charge is -2.62. The van der Waals surface area contributed by atoms with Crippen molar-refractivity contribution in [3.8, 4) is 0 Å². The van der Waals surface area contributed by atoms with Crippen molar-refractivity contribution in [1.29, 1.82) is 0 Å². The molecule has 316 valence electrons. The molecule has 2 aromatic rings. The third-order valence-electron chi connectivity index (χ3n) is 14.1. The van der Waals surface area contributed by atoms with E-state index in [4.69, 9.17) is 9.47 Å². The third kappa shape index (κ3) is 9.10. The van der Waals surface area contributed by atoms with Crippen molar-refractivity contribution >= 4 is 23.9 Å². The number of alkyl halides is 4. The molecule has 8 aliphatic carbocycles. The van der Waals surface area contributed by atoms with Gasteiger partial charge in [0.05, 0.1) is 13.2 Å². The second-order valence-corrected chi connectivity index (χ2v) is 19.5. The summed E-state index contributed by atoms with van der Waals surface area (Å²) in [4.78, 5) is 46.3. The van der Waals surface area contributed by atoms with E-state index in [1.165, 1.54) is 60.8 Å². The van der Waals surface area contributed by atoms with Crippen LogP contribution in [0.1, 0.15) is 113 Å². The van der Waals surface area contributed by atoms with Gasteiger partial charge >= 0.3 is 35.7 Å². The van der Waals surface area contributed by atoms with Gasteiger partial charge in [0.25, 0.3) is 0 Å². The molecular formula is C46H56F4O8. The Balaban J connectivity index is 0.000000177. The molecule has 0 aliphatic heterocycles. The smallest absolute Gasteiger partial charge is 0.377 e. The second kappa shape index (κ2) is 15.6. The highest BCUT2D eigenvalue weighted by Gasteiger charge is 2.60. The van der Waals surface area contributed by atoms with Crippen LogP contribution in [-0.2, 0) is 49.0 Å². The molecule has 8 saturated carbocycles. The molecule has 0 saturated heterocycles. The van der Waals surface area contributed by atoms with Crippen molar-refractivity contribution in [2.45, 2.75) is 127 Å². The normalized spacial score (nSPS) is 32.8. The molecule has 10 rings (SSSR count). The summed E-state index contributed by atoms with van der Waals surface area (Å²) in [5, 5.41) is 0. The number of halogens is 4. The highest BCUT2D eigenvalue weighted by atomic mass is 19.3. The van der Waals surface area contributed by atoms with Crippen LogP contribution in [0.15, 0.2) is 48.5 Å². The predicted octanol–water partition coefficient (Wildman–Crippen LogP) is 9.15. The van der Waals surface area contributed by atoms with E-state index in [1.807, 2.05) is 0 Å². The number of hydrogen-bond donors (Lipinski definition) is 0. The number of benzene rings is 2. The van der Waals surface area contributed by atoms with Gasteiger partial charge in [-0.3, -0.25) is 0 Å². The van der Waals surface area contributed by atoms with E-state index in [0.717, 1.165) is 38.5 Å². The van der Waals surface area contributed by atoms with Crippen molar-refractivity contribution < 1.29 is 55.7 Å². The molecule has 4 atom stereocenters. The van der Waals surface area contributed by atoms with Crippen LogP contribution in [0.5, 0.6) is 0 Å². The highest BCUT2D eigenvalue weighted by Crippen LogP contribution is 2.67. The average Bonchev–Trinajstić information content (AvgIpc) is 3.13. The Morgan fingerprint density at radius 1 is 0.534 bits per heavy atom. The SMILES string of the molecule is Cc1ccc(C23CC4CC(CC(COC(=O)COC(=O)C(C)(F)F)(C4)C2)C3)cc1.Cc1ccc(C23CC4CC(CC(COC(=O)COC(=O)C(C)(F)F)(C4)C2)C3)cc1. The number of esters is 4. The number of carbonyl (C=O) groups is 4. The Bertz CT molecular complexity index is 1700. The first-order valence-corrected chi connectivity index (χ1v) is 20.7. The fourth-order valence-electron chi connectivity index (χ4n) is 12.8. The Morgan fingerprint density at radius 2 is 0.845 bits per heavy atom. The number of rotatable bonds is 12. The maximum atomic E-state index is 12.9. The van der Waals surface area contributed by atoms with Gasteiger partial charge in [-0.25, -0.2) is 19.2 Å². The summed E-state index contributed by atoms with van der Waals surface area (Å²) in [6, 6.07) is 17.6. The van der Waals surface area contributed by atoms with Crippen LogP contribution in [-0.4, -0.2) is 62.1 Å². The van der Waals surface area contributed by atoms with Gasteiger partial charge in [-0.05, 0) is 137 Å². The fraction of sp³-hybridized carbons (Fsp3) is 0.652. The van der Waals surface area contributed by atoms with Crippen LogP contribution in [0, 0.1) is 48.3 Å². The van der Waals surface area contributed by atoms with E-state index in [-0.39, 0.29) is 34.9 Å². The molecule has 4 unspecified atom stereocenters. The van der Waals surface area contributed by atoms with Crippen LogP contribution in [0.2, 0.25) is 0 Å². The van der Waals surface area contributed by atoms with Crippen LogP contribution in [0.25, 0.3) is 0 Å². The Labute approximate surface area is 338 Å². The van der Waals surface area contributed by atoms with Crippen molar-refractivity contribution in [2.75, 3.05) is 26.4 Å². The lowest BCUT2D eigenvalue weighted by atomic mass is 9.43. The highest BCUT2D eigenvalue weighted by molar-refractivity contribution is 5.81. The zero-order chi connectivity index (χ0) is 41.7. The van der Waals surface area contributed by atoms with E-state index in [9.17, 15) is 36.7 Å². The monoisotopic (exact) mass is 812 g/mol. The predicted molar refractivity (Wildman–Crippen MR) is 205 cm³/mol. The zero-order valence-corrected chi connectivity index (χ0v) is 34.0. The van der Waals surface area contributed by atoms with Gasteiger partial charge in [-0.2, -0.15) is 17.6 Å². The first-order valence-electron chi connectivity index (χ1n) is 20.7. The maximum Gasteiger partial charge on any atom is 0.377 e. The Morgan fingerprint density at radius 3 is 1.14 bits per heavy atom. The van der Waals surface area contributed by atoms with E-state index in [1.54, 1.807) is 0 Å². The lowest BCUT2D eigenvalue weighted by Crippen LogP contribution is -2.55. The molecule has 8 aliphatic rings. The van der Waals surface area contributed by atoms with E-state index in [2.05, 4.69) is 71.9 Å². The number of ether oxygens (including phenoxy) is 4. The van der Waals surface area contributed by atoms with E-state index >= 15 is 0 Å². The summed E-state index contributed by atoms with van der Waals surface area (Å²) in [5.74, 6) is -9.63. The summed E-state index contributed by atoms with van der Waals surface area (Å²) < 4.78 is 71.0. The largest absolute Gasteiger partial charge is 0.463 e. The fourth-order valence-corrected chi connectivity index (χ4v) is 12.8. The number of hydrogen-bond acceptors (Lipinski definition) is 8. The van der Waals surface area contributed by atoms with Gasteiger partial charge in [0.15, 0.2) is 13.2 Å². The molecule has 2 aromatic carbocycles. The van der Waals surface area contributed by atoms with Gasteiger partial charge in [0.2, 0.25) is 0 Å². The summed E-state index contributed by atoms with van der Waals surface area (Å²) in [6.45, 7) is 4.07. The summed E-state index contributed by atoms with van der Waals surface area (Å²) in [6.07, 6.45) is 13.3. The molecular weight excluding hydrogens is 756 g/mol. The van der Waals surface area contributed by atoms with Crippen molar-refractivity contribution in [2.24, 2.45) is 34.5 Å². The molecule has 12 heteroatoms. The summed E-state index contributed by atoms with van der Waals surface area (Å²) in [7, 11) is 0. The van der Waals surface area contributed by atoms with Crippen molar-refractivity contribution in [3.63, 3.8) is 0 Å². The van der Waals surface area contributed by atoms with Gasteiger partial charge in [-0.15, -0.1) is 0 Å². The lowest BCUT2D eigenvalue weighted by molar-refractivity contribution is -0.178. The zero-order valence-electron chi connectivity index (χ0n) is 34.0. The van der Waals surface area contributed by atoms with Gasteiger partial charge in [-0.1, -0.05) is 59.7 Å². The topological polar surface area (TPSA) is 105 Å². The van der Waals surface area contributed by atoms with Crippen LogP contribution in [0.4, 0.5) is 17.6 Å². The molecule has 0 radical (unpaired) electrons. The van der Waals surface area contributed by atoms with Gasteiger partial charge < -0.3 is 18.9 Å². The molecule has 0 aromatic heterocycles. The molecule has 0 heterocycles.